The van der Waals surface area contributed by atoms with Crippen LogP contribution in [-0.2, 0) is 33.3 Å². The maximum absolute atomic E-state index is 12.6. The van der Waals surface area contributed by atoms with Gasteiger partial charge in [-0.15, -0.1) is 0 Å². The average Bonchev–Trinajstić information content (AvgIpc) is 2.78. The monoisotopic (exact) mass is 500 g/mol. The summed E-state index contributed by atoms with van der Waals surface area (Å²) in [5.41, 5.74) is 0.364. The van der Waals surface area contributed by atoms with Gasteiger partial charge in [-0.25, -0.2) is 14.4 Å². The van der Waals surface area contributed by atoms with Crippen LogP contribution >= 0.6 is 0 Å². The maximum Gasteiger partial charge on any atom is 0.348 e. The zero-order valence-electron chi connectivity index (χ0n) is 21.0. The van der Waals surface area contributed by atoms with E-state index in [2.05, 4.69) is 0 Å². The van der Waals surface area contributed by atoms with Crippen LogP contribution in [0.4, 0.5) is 0 Å². The molecule has 3 fully saturated rings. The van der Waals surface area contributed by atoms with Crippen LogP contribution in [0.25, 0.3) is 0 Å². The van der Waals surface area contributed by atoms with E-state index in [1.165, 1.54) is 12.2 Å². The molecule has 0 aromatic carbocycles. The number of aliphatic hydroxyl groups excluding tert-OH is 1. The third-order valence-corrected chi connectivity index (χ3v) is 7.27. The molecule has 2 saturated carbocycles. The highest BCUT2D eigenvalue weighted by Gasteiger charge is 2.46. The summed E-state index contributed by atoms with van der Waals surface area (Å²) in [6, 6.07) is 0. The number of carbonyl (C=O) groups excluding carboxylic acids is 3. The molecule has 8 heteroatoms. The fraction of sp³-hybridized carbons (Fsp3) is 0.607. The van der Waals surface area contributed by atoms with E-state index in [4.69, 9.17) is 18.9 Å². The summed E-state index contributed by atoms with van der Waals surface area (Å²) in [6.07, 6.45) is 17.9. The van der Waals surface area contributed by atoms with Gasteiger partial charge in [0.05, 0.1) is 0 Å². The lowest BCUT2D eigenvalue weighted by molar-refractivity contribution is -0.245. The fourth-order valence-corrected chi connectivity index (χ4v) is 5.17. The molecule has 2 spiro atoms. The first kappa shape index (κ1) is 26.0. The molecule has 0 aromatic rings. The maximum atomic E-state index is 12.6. The van der Waals surface area contributed by atoms with Crippen molar-refractivity contribution >= 4 is 17.9 Å². The van der Waals surface area contributed by atoms with E-state index >= 15 is 0 Å². The lowest BCUT2D eigenvalue weighted by Crippen LogP contribution is -2.46. The minimum Gasteiger partial charge on any atom is -0.480 e. The van der Waals surface area contributed by atoms with Gasteiger partial charge in [-0.05, 0) is 44.8 Å². The van der Waals surface area contributed by atoms with E-state index in [0.717, 1.165) is 64.2 Å². The van der Waals surface area contributed by atoms with Gasteiger partial charge in [0.15, 0.2) is 0 Å². The second kappa shape index (κ2) is 11.4. The Balaban J connectivity index is 1.42. The molecular weight excluding hydrogens is 464 g/mol. The zero-order chi connectivity index (χ0) is 25.6. The first-order chi connectivity index (χ1) is 17.3. The number of allylic oxidation sites excluding steroid dienone is 4. The molecule has 0 aromatic heterocycles. The largest absolute Gasteiger partial charge is 0.480 e. The van der Waals surface area contributed by atoms with Crippen LogP contribution < -0.4 is 0 Å². The normalized spacial score (nSPS) is 25.3. The topological polar surface area (TPSA) is 108 Å². The highest BCUT2D eigenvalue weighted by molar-refractivity contribution is 6.15. The molecule has 0 radical (unpaired) electrons. The highest BCUT2D eigenvalue weighted by Crippen LogP contribution is 2.37. The Bertz CT molecular complexity index is 961. The summed E-state index contributed by atoms with van der Waals surface area (Å²) in [6.45, 7) is 1.73. The Morgan fingerprint density at radius 2 is 1.14 bits per heavy atom. The molecule has 2 aliphatic carbocycles. The van der Waals surface area contributed by atoms with Gasteiger partial charge in [0.2, 0.25) is 0 Å². The third-order valence-electron chi connectivity index (χ3n) is 7.27. The van der Waals surface area contributed by atoms with Crippen molar-refractivity contribution < 1.29 is 38.4 Å². The van der Waals surface area contributed by atoms with Gasteiger partial charge in [-0.3, -0.25) is 0 Å². The van der Waals surface area contributed by atoms with Gasteiger partial charge in [0.25, 0.3) is 17.5 Å². The standard InChI is InChI=1S/C28H36O8/c1-20(12-14-21-23(29)33-27(34-24(21)30)16-8-4-2-5-9-17-27)13-15-22-25(31)35-28(36-26(22)32)18-10-6-3-7-11-19-28/h12-15,29H,2-11,16-19H2,1H3/b14-12+,20-13+. The second-order valence-electron chi connectivity index (χ2n) is 10.2. The highest BCUT2D eigenvalue weighted by atomic mass is 16.8. The van der Waals surface area contributed by atoms with Crippen LogP contribution in [0.1, 0.15) is 96.8 Å². The molecule has 196 valence electrons. The molecule has 2 aliphatic heterocycles. The van der Waals surface area contributed by atoms with Crippen LogP contribution in [-0.4, -0.2) is 34.6 Å². The predicted octanol–water partition coefficient (Wildman–Crippen LogP) is 5.74. The van der Waals surface area contributed by atoms with Crippen LogP contribution in [0.2, 0.25) is 0 Å². The summed E-state index contributed by atoms with van der Waals surface area (Å²) in [5.74, 6) is -4.69. The Morgan fingerprint density at radius 3 is 1.64 bits per heavy atom. The minimum atomic E-state index is -1.15. The van der Waals surface area contributed by atoms with E-state index in [-0.39, 0.29) is 11.1 Å². The molecule has 8 nitrogen and oxygen atoms in total. The SMILES string of the molecule is CC(/C=C/C1=C(O)OC2(CCCCCCC2)OC1=O)=C\C=C1C(=O)OC2(CCCCCCC2)OC1=O. The number of ether oxygens (including phenoxy) is 4. The first-order valence-electron chi connectivity index (χ1n) is 13.2. The molecule has 1 N–H and O–H groups in total. The number of hydrogen-bond donors (Lipinski definition) is 1. The summed E-state index contributed by atoms with van der Waals surface area (Å²) < 4.78 is 22.6. The van der Waals surface area contributed by atoms with Crippen LogP contribution in [0.15, 0.2) is 47.0 Å². The summed E-state index contributed by atoms with van der Waals surface area (Å²) in [4.78, 5) is 37.9. The van der Waals surface area contributed by atoms with E-state index in [0.29, 0.717) is 31.3 Å². The molecule has 0 amide bonds. The van der Waals surface area contributed by atoms with Gasteiger partial charge >= 0.3 is 17.9 Å². The van der Waals surface area contributed by atoms with Gasteiger partial charge in [0.1, 0.15) is 11.1 Å². The Hall–Kier alpha value is -3.03. The molecule has 4 rings (SSSR count). The first-order valence-corrected chi connectivity index (χ1v) is 13.2. The van der Waals surface area contributed by atoms with Gasteiger partial charge < -0.3 is 24.1 Å². The molecule has 4 aliphatic rings. The predicted molar refractivity (Wildman–Crippen MR) is 130 cm³/mol. The van der Waals surface area contributed by atoms with Crippen molar-refractivity contribution in [2.75, 3.05) is 0 Å². The number of carbonyl (C=O) groups is 3. The fourth-order valence-electron chi connectivity index (χ4n) is 5.17. The molecule has 0 unspecified atom stereocenters. The number of rotatable bonds is 3. The Labute approximate surface area is 212 Å². The summed E-state index contributed by atoms with van der Waals surface area (Å²) in [5, 5.41) is 10.4. The van der Waals surface area contributed by atoms with E-state index in [1.807, 2.05) is 0 Å². The second-order valence-corrected chi connectivity index (χ2v) is 10.2. The van der Waals surface area contributed by atoms with Crippen molar-refractivity contribution in [3.63, 3.8) is 0 Å². The van der Waals surface area contributed by atoms with E-state index in [9.17, 15) is 19.5 Å². The molecular formula is C28H36O8. The number of aliphatic hydroxyl groups is 1. The molecule has 36 heavy (non-hydrogen) atoms. The Morgan fingerprint density at radius 1 is 0.694 bits per heavy atom. The Kier molecular flexibility index (Phi) is 8.21. The zero-order valence-corrected chi connectivity index (χ0v) is 21.0. The van der Waals surface area contributed by atoms with Gasteiger partial charge in [-0.2, -0.15) is 0 Å². The lowest BCUT2D eigenvalue weighted by Gasteiger charge is -2.37. The van der Waals surface area contributed by atoms with E-state index < -0.39 is 35.4 Å². The summed E-state index contributed by atoms with van der Waals surface area (Å²) >= 11 is 0. The van der Waals surface area contributed by atoms with Crippen molar-refractivity contribution in [2.24, 2.45) is 0 Å². The van der Waals surface area contributed by atoms with Crippen molar-refractivity contribution in [3.8, 4) is 0 Å². The molecule has 0 bridgehead atoms. The van der Waals surface area contributed by atoms with Crippen LogP contribution in [0.3, 0.4) is 0 Å². The van der Waals surface area contributed by atoms with Gasteiger partial charge in [-0.1, -0.05) is 56.3 Å². The van der Waals surface area contributed by atoms with Crippen molar-refractivity contribution in [2.45, 2.75) is 108 Å². The van der Waals surface area contributed by atoms with Crippen molar-refractivity contribution in [1.82, 2.24) is 0 Å². The van der Waals surface area contributed by atoms with Crippen LogP contribution in [0.5, 0.6) is 0 Å². The number of esters is 3. The van der Waals surface area contributed by atoms with Crippen molar-refractivity contribution in [1.29, 1.82) is 0 Å². The average molecular weight is 501 g/mol. The minimum absolute atomic E-state index is 0.0780. The quantitative estimate of drug-likeness (QED) is 0.226. The molecule has 2 heterocycles. The van der Waals surface area contributed by atoms with E-state index in [1.54, 1.807) is 19.1 Å². The smallest absolute Gasteiger partial charge is 0.348 e. The van der Waals surface area contributed by atoms with Crippen LogP contribution in [0, 0.1) is 0 Å². The third kappa shape index (κ3) is 6.20. The molecule has 0 atom stereocenters. The summed E-state index contributed by atoms with van der Waals surface area (Å²) in [7, 11) is 0. The van der Waals surface area contributed by atoms with Crippen molar-refractivity contribution in [3.05, 3.63) is 47.0 Å². The molecule has 1 saturated heterocycles. The lowest BCUT2D eigenvalue weighted by atomic mass is 9.94. The number of hydrogen-bond acceptors (Lipinski definition) is 8. The van der Waals surface area contributed by atoms with Gasteiger partial charge in [0, 0.05) is 25.7 Å².